The number of aromatic hydroxyl groups is 2. The summed E-state index contributed by atoms with van der Waals surface area (Å²) in [7, 11) is 0. The van der Waals surface area contributed by atoms with Crippen molar-refractivity contribution in [3.63, 3.8) is 0 Å². The van der Waals surface area contributed by atoms with Gasteiger partial charge in [0.25, 0.3) is 0 Å². The molecule has 1 aromatic heterocycles. The van der Waals surface area contributed by atoms with Gasteiger partial charge < -0.3 is 15.1 Å². The summed E-state index contributed by atoms with van der Waals surface area (Å²) in [5.41, 5.74) is 0.756. The normalized spacial score (nSPS) is 16.2. The van der Waals surface area contributed by atoms with Crippen molar-refractivity contribution in [3.8, 4) is 11.5 Å². The summed E-state index contributed by atoms with van der Waals surface area (Å²) in [5, 5.41) is 21.3. The fraction of sp³-hybridized carbons (Fsp3) is 0.211. The Balaban J connectivity index is 1.80. The summed E-state index contributed by atoms with van der Waals surface area (Å²) < 4.78 is 0.604. The first-order valence-electron chi connectivity index (χ1n) is 8.39. The first-order valence-corrected chi connectivity index (χ1v) is 9.20. The highest BCUT2D eigenvalue weighted by Gasteiger charge is 2.36. The second-order valence-corrected chi connectivity index (χ2v) is 7.52. The number of carbonyl (C=O) groups excluding carboxylic acids is 2. The predicted octanol–water partition coefficient (Wildman–Crippen LogP) is 3.08. The van der Waals surface area contributed by atoms with Gasteiger partial charge in [-0.3, -0.25) is 9.59 Å². The number of carbonyl (C=O) groups is 2. The highest BCUT2D eigenvalue weighted by Crippen LogP contribution is 2.43. The molecule has 7 heteroatoms. The number of phenolic OH excluding ortho intramolecular Hbond substituents is 2. The van der Waals surface area contributed by atoms with Crippen LogP contribution in [0, 0.1) is 0 Å². The Hall–Kier alpha value is -2.93. The van der Waals surface area contributed by atoms with E-state index in [-0.39, 0.29) is 39.5 Å². The minimum absolute atomic E-state index is 0.0480. The molecule has 1 aliphatic carbocycles. The van der Waals surface area contributed by atoms with Crippen molar-refractivity contribution in [2.45, 2.75) is 12.8 Å². The molecular formula is C19H14N2O4S. The molecule has 0 spiro atoms. The van der Waals surface area contributed by atoms with Gasteiger partial charge >= 0.3 is 0 Å². The van der Waals surface area contributed by atoms with Gasteiger partial charge in [0, 0.05) is 24.7 Å². The summed E-state index contributed by atoms with van der Waals surface area (Å²) in [6, 6.07) is 5.85. The topological polar surface area (TPSA) is 90.7 Å². The van der Waals surface area contributed by atoms with Gasteiger partial charge in [0.2, 0.25) is 5.78 Å². The van der Waals surface area contributed by atoms with E-state index in [1.54, 1.807) is 0 Å². The maximum Gasteiger partial charge on any atom is 0.202 e. The first-order chi connectivity index (χ1) is 12.6. The zero-order valence-electron chi connectivity index (χ0n) is 13.7. The van der Waals surface area contributed by atoms with Gasteiger partial charge in [-0.25, -0.2) is 4.98 Å². The van der Waals surface area contributed by atoms with Crippen LogP contribution in [0.5, 0.6) is 11.5 Å². The Kier molecular flexibility index (Phi) is 3.12. The van der Waals surface area contributed by atoms with Gasteiger partial charge in [-0.15, -0.1) is 0 Å². The Morgan fingerprint density at radius 2 is 1.73 bits per heavy atom. The van der Waals surface area contributed by atoms with E-state index in [4.69, 9.17) is 0 Å². The Bertz CT molecular complexity index is 1110. The molecule has 2 heterocycles. The number of benzene rings is 2. The number of hydrogen-bond acceptors (Lipinski definition) is 7. The number of fused-ring (bicyclic) bond motifs is 4. The summed E-state index contributed by atoms with van der Waals surface area (Å²) in [4.78, 5) is 32.7. The molecule has 1 aliphatic heterocycles. The van der Waals surface area contributed by atoms with E-state index >= 15 is 0 Å². The number of hydrogen-bond donors (Lipinski definition) is 2. The fourth-order valence-corrected chi connectivity index (χ4v) is 4.90. The smallest absolute Gasteiger partial charge is 0.202 e. The van der Waals surface area contributed by atoms with Crippen LogP contribution in [0.2, 0.25) is 0 Å². The molecule has 2 aliphatic rings. The molecule has 1 saturated heterocycles. The molecule has 6 nitrogen and oxygen atoms in total. The number of aromatic nitrogens is 1. The van der Waals surface area contributed by atoms with Crippen LogP contribution in [-0.2, 0) is 0 Å². The van der Waals surface area contributed by atoms with Gasteiger partial charge in [-0.05, 0) is 18.9 Å². The molecule has 0 unspecified atom stereocenters. The second-order valence-electron chi connectivity index (χ2n) is 6.54. The molecule has 0 bridgehead atoms. The quantitative estimate of drug-likeness (QED) is 0.538. The molecule has 5 rings (SSSR count). The highest BCUT2D eigenvalue weighted by atomic mass is 32.1. The maximum absolute atomic E-state index is 13.1. The largest absolute Gasteiger partial charge is 0.507 e. The number of ketones is 2. The van der Waals surface area contributed by atoms with Crippen molar-refractivity contribution >= 4 is 38.3 Å². The van der Waals surface area contributed by atoms with E-state index < -0.39 is 5.78 Å². The van der Waals surface area contributed by atoms with Crippen LogP contribution in [-0.4, -0.2) is 39.9 Å². The third kappa shape index (κ3) is 1.94. The Morgan fingerprint density at radius 1 is 0.962 bits per heavy atom. The number of thiazole rings is 1. The molecule has 130 valence electrons. The summed E-state index contributed by atoms with van der Waals surface area (Å²) in [6.07, 6.45) is 2.20. The monoisotopic (exact) mass is 366 g/mol. The van der Waals surface area contributed by atoms with Gasteiger partial charge in [0.15, 0.2) is 10.9 Å². The number of phenols is 2. The predicted molar refractivity (Wildman–Crippen MR) is 97.7 cm³/mol. The average molecular weight is 366 g/mol. The zero-order chi connectivity index (χ0) is 18.0. The van der Waals surface area contributed by atoms with Crippen LogP contribution in [0.15, 0.2) is 24.3 Å². The molecule has 0 saturated carbocycles. The number of rotatable bonds is 1. The van der Waals surface area contributed by atoms with Crippen molar-refractivity contribution < 1.29 is 19.8 Å². The molecule has 0 amide bonds. The van der Waals surface area contributed by atoms with E-state index in [2.05, 4.69) is 9.88 Å². The van der Waals surface area contributed by atoms with Gasteiger partial charge in [0.1, 0.15) is 11.5 Å². The highest BCUT2D eigenvalue weighted by molar-refractivity contribution is 7.22. The molecule has 2 aromatic carbocycles. The van der Waals surface area contributed by atoms with E-state index in [9.17, 15) is 19.8 Å². The van der Waals surface area contributed by atoms with E-state index in [1.165, 1.54) is 35.6 Å². The molecular weight excluding hydrogens is 352 g/mol. The lowest BCUT2D eigenvalue weighted by atomic mass is 9.83. The van der Waals surface area contributed by atoms with Crippen LogP contribution in [0.1, 0.15) is 44.7 Å². The van der Waals surface area contributed by atoms with Crippen LogP contribution in [0.4, 0.5) is 5.13 Å². The van der Waals surface area contributed by atoms with Crippen molar-refractivity contribution in [1.29, 1.82) is 0 Å². The molecule has 0 radical (unpaired) electrons. The molecule has 2 N–H and O–H groups in total. The third-order valence-electron chi connectivity index (χ3n) is 4.99. The van der Waals surface area contributed by atoms with Crippen molar-refractivity contribution in [1.82, 2.24) is 4.98 Å². The van der Waals surface area contributed by atoms with Crippen LogP contribution >= 0.6 is 11.3 Å². The SMILES string of the molecule is O=C1c2c(O)cccc2C(=O)c2c1c(O)cc1nc(N3CCCC3)sc21. The number of anilines is 1. The molecule has 26 heavy (non-hydrogen) atoms. The third-order valence-corrected chi connectivity index (χ3v) is 6.14. The van der Waals surface area contributed by atoms with Gasteiger partial charge in [-0.2, -0.15) is 0 Å². The van der Waals surface area contributed by atoms with Crippen molar-refractivity contribution in [2.24, 2.45) is 0 Å². The Labute approximate surface area is 152 Å². The van der Waals surface area contributed by atoms with E-state index in [0.29, 0.717) is 10.2 Å². The lowest BCUT2D eigenvalue weighted by Crippen LogP contribution is -2.21. The standard InChI is InChI=1S/C19H14N2O4S/c22-11-5-3-4-9-13(11)17(25)14-12(23)8-10-18(15(14)16(9)24)26-19(20-10)21-6-1-2-7-21/h3-5,8,22-23H,1-2,6-7H2. The fourth-order valence-electron chi connectivity index (χ4n) is 3.76. The minimum Gasteiger partial charge on any atom is -0.507 e. The van der Waals surface area contributed by atoms with Gasteiger partial charge in [-0.1, -0.05) is 23.5 Å². The van der Waals surface area contributed by atoms with Gasteiger partial charge in [0.05, 0.1) is 26.9 Å². The zero-order valence-corrected chi connectivity index (χ0v) is 14.5. The lowest BCUT2D eigenvalue weighted by Gasteiger charge is -2.19. The van der Waals surface area contributed by atoms with Crippen LogP contribution < -0.4 is 4.90 Å². The van der Waals surface area contributed by atoms with E-state index in [1.807, 2.05) is 0 Å². The summed E-state index contributed by atoms with van der Waals surface area (Å²) in [5.74, 6) is -1.45. The van der Waals surface area contributed by atoms with Crippen LogP contribution in [0.25, 0.3) is 10.2 Å². The van der Waals surface area contributed by atoms with Crippen molar-refractivity contribution in [3.05, 3.63) is 46.5 Å². The number of nitrogens with zero attached hydrogens (tertiary/aromatic N) is 2. The molecule has 3 aromatic rings. The average Bonchev–Trinajstić information content (AvgIpc) is 3.27. The van der Waals surface area contributed by atoms with Crippen molar-refractivity contribution in [2.75, 3.05) is 18.0 Å². The van der Waals surface area contributed by atoms with E-state index in [0.717, 1.165) is 31.1 Å². The summed E-state index contributed by atoms with van der Waals surface area (Å²) >= 11 is 1.37. The second kappa shape index (κ2) is 5.28. The molecule has 0 atom stereocenters. The Morgan fingerprint density at radius 3 is 2.50 bits per heavy atom. The van der Waals surface area contributed by atoms with Crippen LogP contribution in [0.3, 0.4) is 0 Å². The summed E-state index contributed by atoms with van der Waals surface area (Å²) in [6.45, 7) is 1.83. The maximum atomic E-state index is 13.1. The molecule has 1 fully saturated rings. The lowest BCUT2D eigenvalue weighted by molar-refractivity contribution is 0.0975. The minimum atomic E-state index is -0.539. The first kappa shape index (κ1) is 15.3.